The summed E-state index contributed by atoms with van der Waals surface area (Å²) in [4.78, 5) is 19.9. The van der Waals surface area contributed by atoms with E-state index in [4.69, 9.17) is 4.74 Å². The lowest BCUT2D eigenvalue weighted by atomic mass is 10.2. The minimum Gasteiger partial charge on any atom is -0.489 e. The minimum absolute atomic E-state index is 0.203. The summed E-state index contributed by atoms with van der Waals surface area (Å²) in [5, 5.41) is 2.91. The lowest BCUT2D eigenvalue weighted by molar-refractivity contribution is 0.102. The second kappa shape index (κ2) is 7.11. The van der Waals surface area contributed by atoms with Crippen molar-refractivity contribution in [1.82, 2.24) is 9.97 Å². The number of para-hydroxylation sites is 1. The number of aromatic nitrogens is 2. The van der Waals surface area contributed by atoms with E-state index in [0.717, 1.165) is 16.6 Å². The number of nitrogens with zero attached hydrogens (tertiary/aromatic N) is 1. The van der Waals surface area contributed by atoms with Gasteiger partial charge in [-0.2, -0.15) is 0 Å². The average molecular weight is 343 g/mol. The highest BCUT2D eigenvalue weighted by Gasteiger charge is 2.10. The topological polar surface area (TPSA) is 67.0 Å². The fraction of sp³-hybridized carbons (Fsp3) is 0.0476. The van der Waals surface area contributed by atoms with Gasteiger partial charge in [0.2, 0.25) is 0 Å². The Labute approximate surface area is 150 Å². The van der Waals surface area contributed by atoms with Gasteiger partial charge in [0.25, 0.3) is 5.91 Å². The normalized spacial score (nSPS) is 10.6. The van der Waals surface area contributed by atoms with Gasteiger partial charge in [-0.3, -0.25) is 4.79 Å². The fourth-order valence-corrected chi connectivity index (χ4v) is 2.73. The molecule has 2 N–H and O–H groups in total. The van der Waals surface area contributed by atoms with Crippen LogP contribution in [-0.2, 0) is 6.61 Å². The Hall–Kier alpha value is -3.60. The van der Waals surface area contributed by atoms with Crippen molar-refractivity contribution < 1.29 is 9.53 Å². The molecule has 128 valence electrons. The average Bonchev–Trinajstić information content (AvgIpc) is 3.17. The molecule has 26 heavy (non-hydrogen) atoms. The maximum atomic E-state index is 12.6. The molecule has 1 aromatic heterocycles. The summed E-state index contributed by atoms with van der Waals surface area (Å²) >= 11 is 0. The van der Waals surface area contributed by atoms with Gasteiger partial charge < -0.3 is 15.0 Å². The number of imidazole rings is 1. The summed E-state index contributed by atoms with van der Waals surface area (Å²) in [7, 11) is 0. The molecule has 5 heteroatoms. The summed E-state index contributed by atoms with van der Waals surface area (Å²) in [6.07, 6.45) is 1.61. The van der Waals surface area contributed by atoms with Gasteiger partial charge in [0.05, 0.1) is 17.5 Å². The fourth-order valence-electron chi connectivity index (χ4n) is 2.73. The smallest absolute Gasteiger partial charge is 0.255 e. The highest BCUT2D eigenvalue weighted by molar-refractivity contribution is 6.08. The van der Waals surface area contributed by atoms with Crippen LogP contribution in [-0.4, -0.2) is 15.9 Å². The zero-order valence-electron chi connectivity index (χ0n) is 14.0. The molecular weight excluding hydrogens is 326 g/mol. The second-order valence-electron chi connectivity index (χ2n) is 5.86. The number of fused-ring (bicyclic) bond motifs is 1. The van der Waals surface area contributed by atoms with Crippen molar-refractivity contribution in [2.24, 2.45) is 0 Å². The standard InChI is InChI=1S/C21H17N3O2/c25-21(24-19-11-5-10-18-20(19)23-14-22-18)16-8-4-9-17(12-16)26-13-15-6-2-1-3-7-15/h1-12,14H,13H2,(H,22,23)(H,24,25). The van der Waals surface area contributed by atoms with E-state index in [2.05, 4.69) is 15.3 Å². The summed E-state index contributed by atoms with van der Waals surface area (Å²) in [6, 6.07) is 22.7. The lowest BCUT2D eigenvalue weighted by Crippen LogP contribution is -2.12. The minimum atomic E-state index is -0.203. The molecule has 0 unspecified atom stereocenters. The molecule has 0 bridgehead atoms. The molecule has 0 fully saturated rings. The van der Waals surface area contributed by atoms with Crippen LogP contribution in [0.1, 0.15) is 15.9 Å². The predicted molar refractivity (Wildman–Crippen MR) is 101 cm³/mol. The van der Waals surface area contributed by atoms with E-state index >= 15 is 0 Å². The van der Waals surface area contributed by atoms with Crippen LogP contribution in [0.4, 0.5) is 5.69 Å². The van der Waals surface area contributed by atoms with Crippen molar-refractivity contribution in [1.29, 1.82) is 0 Å². The number of aromatic amines is 1. The molecule has 3 aromatic carbocycles. The molecule has 0 radical (unpaired) electrons. The lowest BCUT2D eigenvalue weighted by Gasteiger charge is -2.09. The number of hydrogen-bond acceptors (Lipinski definition) is 3. The maximum Gasteiger partial charge on any atom is 0.255 e. The van der Waals surface area contributed by atoms with Crippen LogP contribution in [0.15, 0.2) is 79.1 Å². The van der Waals surface area contributed by atoms with Crippen LogP contribution in [0.2, 0.25) is 0 Å². The Morgan fingerprint density at radius 3 is 2.73 bits per heavy atom. The van der Waals surface area contributed by atoms with Crippen molar-refractivity contribution in [2.45, 2.75) is 6.61 Å². The third kappa shape index (κ3) is 3.42. The highest BCUT2D eigenvalue weighted by atomic mass is 16.5. The van der Waals surface area contributed by atoms with Gasteiger partial charge in [-0.1, -0.05) is 42.5 Å². The molecule has 1 heterocycles. The number of carbonyl (C=O) groups is 1. The SMILES string of the molecule is O=C(Nc1cccc2[nH]cnc12)c1cccc(OCc2ccccc2)c1. The first-order valence-corrected chi connectivity index (χ1v) is 8.30. The molecule has 0 aliphatic rings. The number of amides is 1. The third-order valence-electron chi connectivity index (χ3n) is 4.04. The van der Waals surface area contributed by atoms with E-state index in [1.54, 1.807) is 18.5 Å². The van der Waals surface area contributed by atoms with Crippen molar-refractivity contribution in [3.8, 4) is 5.75 Å². The molecule has 0 aliphatic heterocycles. The Bertz CT molecular complexity index is 1040. The van der Waals surface area contributed by atoms with E-state index < -0.39 is 0 Å². The monoisotopic (exact) mass is 343 g/mol. The Balaban J connectivity index is 1.49. The molecule has 0 saturated carbocycles. The Kier molecular flexibility index (Phi) is 4.35. The highest BCUT2D eigenvalue weighted by Crippen LogP contribution is 2.21. The number of carbonyl (C=O) groups excluding carboxylic acids is 1. The van der Waals surface area contributed by atoms with Crippen LogP contribution in [0, 0.1) is 0 Å². The third-order valence-corrected chi connectivity index (χ3v) is 4.04. The largest absolute Gasteiger partial charge is 0.489 e. The van der Waals surface area contributed by atoms with Gasteiger partial charge in [0, 0.05) is 5.56 Å². The van der Waals surface area contributed by atoms with Crippen molar-refractivity contribution in [3.63, 3.8) is 0 Å². The van der Waals surface area contributed by atoms with Gasteiger partial charge >= 0.3 is 0 Å². The first kappa shape index (κ1) is 15.9. The van der Waals surface area contributed by atoms with E-state index in [1.807, 2.05) is 60.7 Å². The first-order chi connectivity index (χ1) is 12.8. The molecular formula is C21H17N3O2. The van der Waals surface area contributed by atoms with Crippen molar-refractivity contribution >= 4 is 22.6 Å². The number of ether oxygens (including phenoxy) is 1. The zero-order chi connectivity index (χ0) is 17.8. The van der Waals surface area contributed by atoms with Gasteiger partial charge in [-0.25, -0.2) is 4.98 Å². The van der Waals surface area contributed by atoms with E-state index in [1.165, 1.54) is 0 Å². The summed E-state index contributed by atoms with van der Waals surface area (Å²) in [5.74, 6) is 0.449. The first-order valence-electron chi connectivity index (χ1n) is 8.30. The molecule has 0 aliphatic carbocycles. The second-order valence-corrected chi connectivity index (χ2v) is 5.86. The number of benzene rings is 3. The van der Waals surface area contributed by atoms with E-state index in [9.17, 15) is 4.79 Å². The van der Waals surface area contributed by atoms with Crippen LogP contribution in [0.3, 0.4) is 0 Å². The number of H-pyrrole nitrogens is 1. The van der Waals surface area contributed by atoms with Crippen molar-refractivity contribution in [2.75, 3.05) is 5.32 Å². The maximum absolute atomic E-state index is 12.6. The summed E-state index contributed by atoms with van der Waals surface area (Å²) in [6.45, 7) is 0.457. The number of nitrogens with one attached hydrogen (secondary N) is 2. The molecule has 4 aromatic rings. The van der Waals surface area contributed by atoms with Crippen molar-refractivity contribution in [3.05, 3.63) is 90.3 Å². The van der Waals surface area contributed by atoms with Crippen LogP contribution < -0.4 is 10.1 Å². The van der Waals surface area contributed by atoms with Gasteiger partial charge in [-0.15, -0.1) is 0 Å². The summed E-state index contributed by atoms with van der Waals surface area (Å²) in [5.41, 5.74) is 3.89. The van der Waals surface area contributed by atoms with Gasteiger partial charge in [0.1, 0.15) is 17.9 Å². The Morgan fingerprint density at radius 2 is 1.85 bits per heavy atom. The number of anilines is 1. The zero-order valence-corrected chi connectivity index (χ0v) is 14.0. The van der Waals surface area contributed by atoms with Gasteiger partial charge in [0.15, 0.2) is 0 Å². The van der Waals surface area contributed by atoms with E-state index in [0.29, 0.717) is 23.6 Å². The molecule has 0 spiro atoms. The summed E-state index contributed by atoms with van der Waals surface area (Å²) < 4.78 is 5.79. The molecule has 1 amide bonds. The Morgan fingerprint density at radius 1 is 1.00 bits per heavy atom. The number of rotatable bonds is 5. The predicted octanol–water partition coefficient (Wildman–Crippen LogP) is 4.39. The molecule has 0 atom stereocenters. The van der Waals surface area contributed by atoms with Crippen LogP contribution in [0.5, 0.6) is 5.75 Å². The molecule has 5 nitrogen and oxygen atoms in total. The van der Waals surface area contributed by atoms with E-state index in [-0.39, 0.29) is 5.91 Å². The van der Waals surface area contributed by atoms with Gasteiger partial charge in [-0.05, 0) is 35.9 Å². The quantitative estimate of drug-likeness (QED) is 0.564. The molecule has 0 saturated heterocycles. The van der Waals surface area contributed by atoms with Crippen LogP contribution >= 0.6 is 0 Å². The number of hydrogen-bond donors (Lipinski definition) is 2. The van der Waals surface area contributed by atoms with Crippen LogP contribution in [0.25, 0.3) is 11.0 Å². The molecule has 4 rings (SSSR count).